The molecule has 2 N–H and O–H groups in total. The average molecular weight is 322 g/mol. The molecule has 128 valence electrons. The number of rotatable bonds is 6. The highest BCUT2D eigenvalue weighted by molar-refractivity contribution is 5.79. The van der Waals surface area contributed by atoms with E-state index in [9.17, 15) is 4.79 Å². The number of methoxy groups -OCH3 is 3. The van der Waals surface area contributed by atoms with Crippen molar-refractivity contribution in [2.24, 2.45) is 11.1 Å². The molecule has 1 saturated heterocycles. The fourth-order valence-corrected chi connectivity index (χ4v) is 2.93. The fourth-order valence-electron chi connectivity index (χ4n) is 2.93. The average Bonchev–Trinajstić information content (AvgIpc) is 2.97. The van der Waals surface area contributed by atoms with Gasteiger partial charge in [0.25, 0.3) is 0 Å². The zero-order valence-corrected chi connectivity index (χ0v) is 14.3. The van der Waals surface area contributed by atoms with Gasteiger partial charge in [0.2, 0.25) is 11.7 Å². The van der Waals surface area contributed by atoms with E-state index in [-0.39, 0.29) is 11.3 Å². The number of amides is 1. The van der Waals surface area contributed by atoms with E-state index in [1.165, 1.54) is 0 Å². The summed E-state index contributed by atoms with van der Waals surface area (Å²) in [6.45, 7) is 4.20. The number of ether oxygens (including phenoxy) is 3. The van der Waals surface area contributed by atoms with E-state index < -0.39 is 0 Å². The zero-order chi connectivity index (χ0) is 17.0. The van der Waals surface area contributed by atoms with E-state index in [0.717, 1.165) is 18.5 Å². The van der Waals surface area contributed by atoms with Crippen molar-refractivity contribution in [3.8, 4) is 17.2 Å². The molecule has 23 heavy (non-hydrogen) atoms. The molecule has 6 nitrogen and oxygen atoms in total. The van der Waals surface area contributed by atoms with Gasteiger partial charge < -0.3 is 24.8 Å². The topological polar surface area (TPSA) is 74.0 Å². The van der Waals surface area contributed by atoms with Crippen LogP contribution in [0.3, 0.4) is 0 Å². The largest absolute Gasteiger partial charge is 0.493 e. The monoisotopic (exact) mass is 322 g/mol. The number of benzene rings is 1. The highest BCUT2D eigenvalue weighted by Gasteiger charge is 2.34. The minimum Gasteiger partial charge on any atom is -0.493 e. The third-order valence-electron chi connectivity index (χ3n) is 4.48. The number of hydrogen-bond donors (Lipinski definition) is 1. The van der Waals surface area contributed by atoms with Crippen molar-refractivity contribution in [2.75, 3.05) is 41.0 Å². The van der Waals surface area contributed by atoms with Crippen LogP contribution in [0.25, 0.3) is 0 Å². The Morgan fingerprint density at radius 2 is 1.83 bits per heavy atom. The van der Waals surface area contributed by atoms with Gasteiger partial charge in [-0.1, -0.05) is 6.92 Å². The van der Waals surface area contributed by atoms with Crippen LogP contribution in [0.5, 0.6) is 17.2 Å². The Labute approximate surface area is 137 Å². The summed E-state index contributed by atoms with van der Waals surface area (Å²) in [7, 11) is 4.69. The predicted octanol–water partition coefficient (Wildman–Crippen LogP) is 1.45. The maximum Gasteiger partial charge on any atom is 0.227 e. The van der Waals surface area contributed by atoms with E-state index in [0.29, 0.717) is 36.8 Å². The molecule has 1 heterocycles. The van der Waals surface area contributed by atoms with E-state index >= 15 is 0 Å². The van der Waals surface area contributed by atoms with Crippen molar-refractivity contribution >= 4 is 5.91 Å². The maximum atomic E-state index is 12.5. The highest BCUT2D eigenvalue weighted by Crippen LogP contribution is 2.38. The Morgan fingerprint density at radius 1 is 1.22 bits per heavy atom. The number of nitrogens with zero attached hydrogens (tertiary/aromatic N) is 1. The summed E-state index contributed by atoms with van der Waals surface area (Å²) in [6.07, 6.45) is 1.25. The Balaban J connectivity index is 2.15. The summed E-state index contributed by atoms with van der Waals surface area (Å²) in [6, 6.07) is 3.63. The number of likely N-dealkylation sites (tertiary alicyclic amines) is 1. The van der Waals surface area contributed by atoms with E-state index in [1.54, 1.807) is 21.3 Å². The van der Waals surface area contributed by atoms with Gasteiger partial charge in [0.1, 0.15) is 0 Å². The fraction of sp³-hybridized carbons (Fsp3) is 0.588. The van der Waals surface area contributed by atoms with Crippen LogP contribution < -0.4 is 19.9 Å². The molecule has 0 aromatic heterocycles. The lowest BCUT2D eigenvalue weighted by Gasteiger charge is -2.22. The van der Waals surface area contributed by atoms with Gasteiger partial charge >= 0.3 is 0 Å². The van der Waals surface area contributed by atoms with Crippen molar-refractivity contribution in [3.63, 3.8) is 0 Å². The van der Waals surface area contributed by atoms with Gasteiger partial charge in [-0.15, -0.1) is 0 Å². The highest BCUT2D eigenvalue weighted by atomic mass is 16.5. The van der Waals surface area contributed by atoms with Crippen molar-refractivity contribution in [3.05, 3.63) is 17.7 Å². The molecule has 0 spiro atoms. The molecule has 1 unspecified atom stereocenters. The minimum atomic E-state index is 0.0327. The molecule has 0 aliphatic carbocycles. The first-order chi connectivity index (χ1) is 11.0. The molecule has 6 heteroatoms. The molecule has 1 aliphatic rings. The van der Waals surface area contributed by atoms with Crippen LogP contribution in [0.4, 0.5) is 0 Å². The lowest BCUT2D eigenvalue weighted by atomic mass is 9.90. The normalized spacial score (nSPS) is 20.5. The summed E-state index contributed by atoms with van der Waals surface area (Å²) in [5, 5.41) is 0. The lowest BCUT2D eigenvalue weighted by molar-refractivity contribution is -0.129. The first kappa shape index (κ1) is 17.4. The lowest BCUT2D eigenvalue weighted by Crippen LogP contribution is -2.35. The number of carbonyl (C=O) groups excluding carboxylic acids is 1. The summed E-state index contributed by atoms with van der Waals surface area (Å²) in [5.41, 5.74) is 6.68. The second kappa shape index (κ2) is 7.08. The molecule has 1 atom stereocenters. The molecule has 0 bridgehead atoms. The molecule has 1 aromatic carbocycles. The van der Waals surface area contributed by atoms with Gasteiger partial charge in [0, 0.05) is 13.1 Å². The van der Waals surface area contributed by atoms with Crippen LogP contribution >= 0.6 is 0 Å². The van der Waals surface area contributed by atoms with Crippen molar-refractivity contribution in [1.29, 1.82) is 0 Å². The third kappa shape index (κ3) is 3.69. The van der Waals surface area contributed by atoms with Gasteiger partial charge in [-0.2, -0.15) is 0 Å². The molecule has 1 amide bonds. The van der Waals surface area contributed by atoms with Gasteiger partial charge in [-0.05, 0) is 36.1 Å². The predicted molar refractivity (Wildman–Crippen MR) is 88.2 cm³/mol. The van der Waals surface area contributed by atoms with E-state index in [2.05, 4.69) is 6.92 Å². The smallest absolute Gasteiger partial charge is 0.227 e. The first-order valence-electron chi connectivity index (χ1n) is 7.73. The van der Waals surface area contributed by atoms with Gasteiger partial charge in [0.05, 0.1) is 27.8 Å². The van der Waals surface area contributed by atoms with Gasteiger partial charge in [0.15, 0.2) is 11.5 Å². The molecule has 1 aliphatic heterocycles. The van der Waals surface area contributed by atoms with Crippen LogP contribution in [-0.4, -0.2) is 51.8 Å². The third-order valence-corrected chi connectivity index (χ3v) is 4.48. The Bertz CT molecular complexity index is 551. The molecule has 0 radical (unpaired) electrons. The van der Waals surface area contributed by atoms with Crippen LogP contribution in [0.15, 0.2) is 12.1 Å². The zero-order valence-electron chi connectivity index (χ0n) is 14.3. The van der Waals surface area contributed by atoms with E-state index in [1.807, 2.05) is 17.0 Å². The van der Waals surface area contributed by atoms with Gasteiger partial charge in [-0.25, -0.2) is 0 Å². The summed E-state index contributed by atoms with van der Waals surface area (Å²) >= 11 is 0. The van der Waals surface area contributed by atoms with Crippen LogP contribution in [0.2, 0.25) is 0 Å². The molecule has 1 fully saturated rings. The summed E-state index contributed by atoms with van der Waals surface area (Å²) in [5.74, 6) is 1.74. The molecule has 0 saturated carbocycles. The molecular weight excluding hydrogens is 296 g/mol. The quantitative estimate of drug-likeness (QED) is 0.858. The van der Waals surface area contributed by atoms with Crippen LogP contribution in [0.1, 0.15) is 18.9 Å². The molecular formula is C17H26N2O4. The number of hydrogen-bond acceptors (Lipinski definition) is 5. The second-order valence-corrected chi connectivity index (χ2v) is 6.29. The second-order valence-electron chi connectivity index (χ2n) is 6.29. The SMILES string of the molecule is COc1cc(CC(=O)N2CCC(C)(CN)C2)cc(OC)c1OC. The number of carbonyl (C=O) groups is 1. The van der Waals surface area contributed by atoms with Crippen LogP contribution in [-0.2, 0) is 11.2 Å². The summed E-state index contributed by atoms with van der Waals surface area (Å²) in [4.78, 5) is 14.4. The van der Waals surface area contributed by atoms with Crippen LogP contribution in [0, 0.1) is 5.41 Å². The Hall–Kier alpha value is -1.95. The maximum absolute atomic E-state index is 12.5. The van der Waals surface area contributed by atoms with Crippen molar-refractivity contribution < 1.29 is 19.0 Å². The Kier molecular flexibility index (Phi) is 5.36. The number of nitrogens with two attached hydrogens (primary N) is 1. The van der Waals surface area contributed by atoms with Crippen molar-refractivity contribution in [1.82, 2.24) is 4.90 Å². The minimum absolute atomic E-state index is 0.0327. The standard InChI is InChI=1S/C17H26N2O4/c1-17(10-18)5-6-19(11-17)15(20)9-12-7-13(21-2)16(23-4)14(8-12)22-3/h7-8H,5-6,9-11,18H2,1-4H3. The summed E-state index contributed by atoms with van der Waals surface area (Å²) < 4.78 is 16.0. The van der Waals surface area contributed by atoms with E-state index in [4.69, 9.17) is 19.9 Å². The molecule has 2 rings (SSSR count). The first-order valence-corrected chi connectivity index (χ1v) is 7.73. The Morgan fingerprint density at radius 3 is 2.26 bits per heavy atom. The molecule has 1 aromatic rings. The van der Waals surface area contributed by atoms with Crippen molar-refractivity contribution in [2.45, 2.75) is 19.8 Å². The van der Waals surface area contributed by atoms with Gasteiger partial charge in [-0.3, -0.25) is 4.79 Å².